The van der Waals surface area contributed by atoms with E-state index in [-0.39, 0.29) is 5.78 Å². The van der Waals surface area contributed by atoms with Gasteiger partial charge in [-0.2, -0.15) is 0 Å². The molecule has 0 atom stereocenters. The number of hydrogen-bond donors (Lipinski definition) is 0. The molecule has 1 rings (SSSR count). The Bertz CT molecular complexity index is 290. The van der Waals surface area contributed by atoms with Gasteiger partial charge in [0.1, 0.15) is 5.69 Å². The lowest BCUT2D eigenvalue weighted by atomic mass is 10.1. The lowest BCUT2D eigenvalue weighted by Gasteiger charge is -1.97. The van der Waals surface area contributed by atoms with Gasteiger partial charge in [-0.1, -0.05) is 18.2 Å². The highest BCUT2D eigenvalue weighted by Gasteiger charge is 2.05. The third kappa shape index (κ3) is 2.31. The van der Waals surface area contributed by atoms with Gasteiger partial charge in [0.15, 0.2) is 5.78 Å². The molecule has 0 aliphatic heterocycles. The maximum Gasteiger partial charge on any atom is 0.185 e. The maximum absolute atomic E-state index is 11.3. The zero-order chi connectivity index (χ0) is 8.97. The Morgan fingerprint density at radius 2 is 2.33 bits per heavy atom. The summed E-state index contributed by atoms with van der Waals surface area (Å²) in [6.07, 6.45) is 2.00. The highest BCUT2D eigenvalue weighted by Crippen LogP contribution is 2.03. The van der Waals surface area contributed by atoms with E-state index >= 15 is 0 Å². The first-order chi connectivity index (χ1) is 5.70. The van der Waals surface area contributed by atoms with E-state index in [1.165, 1.54) is 0 Å². The third-order valence-corrected chi connectivity index (χ3v) is 1.41. The fourth-order valence-corrected chi connectivity index (χ4v) is 0.892. The number of carbonyl (C=O) groups is 1. The number of nitrogens with zero attached hydrogens (tertiary/aromatic N) is 1. The lowest BCUT2D eigenvalue weighted by molar-refractivity contribution is 0.0988. The van der Waals surface area contributed by atoms with Gasteiger partial charge in [-0.15, -0.1) is 0 Å². The maximum atomic E-state index is 11.3. The van der Waals surface area contributed by atoms with Crippen LogP contribution in [0.3, 0.4) is 0 Å². The average Bonchev–Trinajstić information content (AvgIpc) is 2.05. The van der Waals surface area contributed by atoms with Crippen molar-refractivity contribution in [1.82, 2.24) is 4.98 Å². The Morgan fingerprint density at radius 1 is 1.58 bits per heavy atom. The van der Waals surface area contributed by atoms with Gasteiger partial charge in [-0.3, -0.25) is 9.78 Å². The molecule has 2 heteroatoms. The number of aromatic nitrogens is 1. The van der Waals surface area contributed by atoms with Crippen molar-refractivity contribution >= 4 is 5.78 Å². The summed E-state index contributed by atoms with van der Waals surface area (Å²) in [5, 5.41) is 0. The number of Topliss-reactive ketones (excluding diaryl/α,β-unsaturated/α-hetero) is 1. The number of carbonyl (C=O) groups excluding carboxylic acids is 1. The summed E-state index contributed by atoms with van der Waals surface area (Å²) in [4.78, 5) is 15.3. The molecule has 12 heavy (non-hydrogen) atoms. The van der Waals surface area contributed by atoms with E-state index in [0.717, 1.165) is 5.57 Å². The SMILES string of the molecule is C=C(C)CC(=O)c1ccccn1. The van der Waals surface area contributed by atoms with Crippen LogP contribution in [0.5, 0.6) is 0 Å². The normalized spacial score (nSPS) is 9.42. The van der Waals surface area contributed by atoms with Crippen molar-refractivity contribution in [3.8, 4) is 0 Å². The molecule has 0 bridgehead atoms. The molecule has 0 unspecified atom stereocenters. The Balaban J connectivity index is 2.73. The van der Waals surface area contributed by atoms with Crippen molar-refractivity contribution in [3.63, 3.8) is 0 Å². The van der Waals surface area contributed by atoms with E-state index in [2.05, 4.69) is 11.6 Å². The molecule has 62 valence electrons. The Morgan fingerprint density at radius 3 is 2.83 bits per heavy atom. The van der Waals surface area contributed by atoms with Gasteiger partial charge < -0.3 is 0 Å². The van der Waals surface area contributed by atoms with Crippen LogP contribution in [-0.2, 0) is 0 Å². The van der Waals surface area contributed by atoms with Crippen LogP contribution in [0.1, 0.15) is 23.8 Å². The summed E-state index contributed by atoms with van der Waals surface area (Å²) in [7, 11) is 0. The van der Waals surface area contributed by atoms with Gasteiger partial charge >= 0.3 is 0 Å². The molecule has 0 saturated heterocycles. The van der Waals surface area contributed by atoms with Crippen LogP contribution in [0.25, 0.3) is 0 Å². The van der Waals surface area contributed by atoms with Crippen LogP contribution >= 0.6 is 0 Å². The minimum atomic E-state index is 0.0306. The van der Waals surface area contributed by atoms with Crippen molar-refractivity contribution < 1.29 is 4.79 Å². The summed E-state index contributed by atoms with van der Waals surface area (Å²) in [5.41, 5.74) is 1.38. The van der Waals surface area contributed by atoms with Crippen molar-refractivity contribution in [3.05, 3.63) is 42.2 Å². The zero-order valence-corrected chi connectivity index (χ0v) is 7.08. The number of hydrogen-bond acceptors (Lipinski definition) is 2. The van der Waals surface area contributed by atoms with E-state index in [1.807, 2.05) is 6.92 Å². The molecular formula is C10H11NO. The number of allylic oxidation sites excluding steroid dienone is 1. The first kappa shape index (κ1) is 8.65. The highest BCUT2D eigenvalue weighted by atomic mass is 16.1. The topological polar surface area (TPSA) is 30.0 Å². The summed E-state index contributed by atoms with van der Waals surface area (Å²) in [5.74, 6) is 0.0306. The Labute approximate surface area is 71.9 Å². The fraction of sp³-hybridized carbons (Fsp3) is 0.200. The van der Waals surface area contributed by atoms with Crippen LogP contribution < -0.4 is 0 Å². The van der Waals surface area contributed by atoms with Crippen molar-refractivity contribution in [2.45, 2.75) is 13.3 Å². The van der Waals surface area contributed by atoms with Gasteiger partial charge in [0, 0.05) is 12.6 Å². The summed E-state index contributed by atoms with van der Waals surface area (Å²) < 4.78 is 0. The van der Waals surface area contributed by atoms with Gasteiger partial charge in [-0.25, -0.2) is 0 Å². The van der Waals surface area contributed by atoms with Crippen molar-refractivity contribution in [2.75, 3.05) is 0 Å². The second-order valence-corrected chi connectivity index (χ2v) is 2.77. The molecule has 0 amide bonds. The minimum absolute atomic E-state index is 0.0306. The quantitative estimate of drug-likeness (QED) is 0.502. The molecule has 2 nitrogen and oxygen atoms in total. The number of ketones is 1. The van der Waals surface area contributed by atoms with Crippen molar-refractivity contribution in [2.24, 2.45) is 0 Å². The molecule has 0 aliphatic rings. The number of rotatable bonds is 3. The van der Waals surface area contributed by atoms with Crippen LogP contribution in [0.15, 0.2) is 36.5 Å². The summed E-state index contributed by atoms with van der Waals surface area (Å²) in [6, 6.07) is 5.31. The average molecular weight is 161 g/mol. The van der Waals surface area contributed by atoms with Crippen LogP contribution in [0.4, 0.5) is 0 Å². The highest BCUT2D eigenvalue weighted by molar-refractivity contribution is 5.95. The molecule has 0 fully saturated rings. The molecular weight excluding hydrogens is 150 g/mol. The number of pyridine rings is 1. The molecule has 1 heterocycles. The predicted octanol–water partition coefficient (Wildman–Crippen LogP) is 2.23. The van der Waals surface area contributed by atoms with Crippen molar-refractivity contribution in [1.29, 1.82) is 0 Å². The molecule has 1 aromatic rings. The Kier molecular flexibility index (Phi) is 2.75. The lowest BCUT2D eigenvalue weighted by Crippen LogP contribution is -2.01. The van der Waals surface area contributed by atoms with Gasteiger partial charge in [0.25, 0.3) is 0 Å². The van der Waals surface area contributed by atoms with E-state index < -0.39 is 0 Å². The molecule has 0 aromatic carbocycles. The molecule has 0 spiro atoms. The zero-order valence-electron chi connectivity index (χ0n) is 7.08. The predicted molar refractivity (Wildman–Crippen MR) is 48.0 cm³/mol. The van der Waals surface area contributed by atoms with E-state index in [1.54, 1.807) is 24.4 Å². The molecule has 1 aromatic heterocycles. The fourth-order valence-electron chi connectivity index (χ4n) is 0.892. The van der Waals surface area contributed by atoms with Crippen LogP contribution in [0, 0.1) is 0 Å². The summed E-state index contributed by atoms with van der Waals surface area (Å²) in [6.45, 7) is 5.51. The molecule has 0 aliphatic carbocycles. The van der Waals surface area contributed by atoms with E-state index in [4.69, 9.17) is 0 Å². The van der Waals surface area contributed by atoms with Gasteiger partial charge in [0.05, 0.1) is 0 Å². The van der Waals surface area contributed by atoms with E-state index in [0.29, 0.717) is 12.1 Å². The second kappa shape index (κ2) is 3.81. The van der Waals surface area contributed by atoms with Crippen LogP contribution in [0.2, 0.25) is 0 Å². The molecule has 0 saturated carbocycles. The minimum Gasteiger partial charge on any atom is -0.292 e. The first-order valence-corrected chi connectivity index (χ1v) is 3.79. The standard InChI is InChI=1S/C10H11NO/c1-8(2)7-10(12)9-5-3-4-6-11-9/h3-6H,1,7H2,2H3. The first-order valence-electron chi connectivity index (χ1n) is 3.79. The largest absolute Gasteiger partial charge is 0.292 e. The van der Waals surface area contributed by atoms with Gasteiger partial charge in [0.2, 0.25) is 0 Å². The van der Waals surface area contributed by atoms with E-state index in [9.17, 15) is 4.79 Å². The molecule has 0 N–H and O–H groups in total. The summed E-state index contributed by atoms with van der Waals surface area (Å²) >= 11 is 0. The van der Waals surface area contributed by atoms with Crippen LogP contribution in [-0.4, -0.2) is 10.8 Å². The second-order valence-electron chi connectivity index (χ2n) is 2.77. The smallest absolute Gasteiger partial charge is 0.185 e. The third-order valence-electron chi connectivity index (χ3n) is 1.41. The Hall–Kier alpha value is -1.44. The molecule has 0 radical (unpaired) electrons. The monoisotopic (exact) mass is 161 g/mol. The van der Waals surface area contributed by atoms with Gasteiger partial charge in [-0.05, 0) is 19.1 Å².